The summed E-state index contributed by atoms with van der Waals surface area (Å²) in [4.78, 5) is 3.64. The van der Waals surface area contributed by atoms with Crippen LogP contribution in [0.5, 0.6) is 0 Å². The highest BCUT2D eigenvalue weighted by Crippen LogP contribution is 2.55. The van der Waals surface area contributed by atoms with E-state index in [-0.39, 0.29) is 0 Å². The number of nitrogens with zero attached hydrogens (tertiary/aromatic N) is 2. The lowest BCUT2D eigenvalue weighted by Gasteiger charge is -2.14. The molecule has 6 aromatic rings. The molecule has 0 saturated heterocycles. The Hall–Kier alpha value is -4.86. The van der Waals surface area contributed by atoms with Gasteiger partial charge in [-0.05, 0) is 68.9 Å². The molecule has 0 unspecified atom stereocenters. The van der Waals surface area contributed by atoms with E-state index in [1.165, 1.54) is 21.9 Å². The van der Waals surface area contributed by atoms with Crippen LogP contribution in [0.2, 0.25) is 0 Å². The minimum absolute atomic E-state index is 0.455. The third-order valence-corrected chi connectivity index (χ3v) is 6.60. The smallest absolute Gasteiger partial charge is 0.189 e. The summed E-state index contributed by atoms with van der Waals surface area (Å²) in [6, 6.07) is 30.6. The number of furan rings is 1. The molecule has 0 spiro atoms. The highest BCUT2D eigenvalue weighted by molar-refractivity contribution is 6.25. The van der Waals surface area contributed by atoms with Crippen molar-refractivity contribution < 1.29 is 4.42 Å². The number of fused-ring (bicyclic) bond motifs is 6. The van der Waals surface area contributed by atoms with E-state index in [4.69, 9.17) is 11.0 Å². The number of hydrogen-bond acceptors (Lipinski definition) is 2. The summed E-state index contributed by atoms with van der Waals surface area (Å²) in [6.45, 7) is 7.59. The molecular weight excluding hydrogens is 404 g/mol. The predicted molar refractivity (Wildman–Crippen MR) is 132 cm³/mol. The lowest BCUT2D eigenvalue weighted by molar-refractivity contribution is 0.669. The van der Waals surface area contributed by atoms with E-state index < -0.39 is 0 Å². The van der Waals surface area contributed by atoms with E-state index >= 15 is 0 Å². The first-order chi connectivity index (χ1) is 16.3. The molecular formula is C30H14N2O. The van der Waals surface area contributed by atoms with Gasteiger partial charge in [-0.3, -0.25) is 0 Å². The molecule has 0 aliphatic heterocycles. The van der Waals surface area contributed by atoms with Gasteiger partial charge < -0.3 is 4.42 Å². The van der Waals surface area contributed by atoms with Gasteiger partial charge in [-0.25, -0.2) is 4.85 Å². The van der Waals surface area contributed by atoms with Crippen LogP contribution >= 0.6 is 0 Å². The first kappa shape index (κ1) is 17.8. The molecule has 0 bridgehead atoms. The second kappa shape index (κ2) is 6.33. The minimum atomic E-state index is 0.455. The normalized spacial score (nSPS) is 11.6. The third kappa shape index (κ3) is 2.31. The van der Waals surface area contributed by atoms with Gasteiger partial charge in [-0.15, -0.1) is 0 Å². The van der Waals surface area contributed by atoms with Crippen molar-refractivity contribution in [2.24, 2.45) is 0 Å². The summed E-state index contributed by atoms with van der Waals surface area (Å²) >= 11 is 0. The SMILES string of the molecule is [C-]#[N+]c1cc(C#N)cc(-c2c3c(cc4oc5ccccc5c24)-c2cccc4cccc-3c24)c1. The van der Waals surface area contributed by atoms with Crippen LogP contribution in [0.3, 0.4) is 0 Å². The number of hydrogen-bond donors (Lipinski definition) is 0. The van der Waals surface area contributed by atoms with Crippen LogP contribution in [0.15, 0.2) is 89.3 Å². The standard InChI is InChI=1S/C30H14N2O/c1-32-20-13-17(16-31)12-19(14-20)28-29-23-10-5-7-18-6-4-9-21(27(18)23)24(29)15-26-30(28)22-8-2-3-11-25(22)33-26/h2-15H. The largest absolute Gasteiger partial charge is 0.456 e. The van der Waals surface area contributed by atoms with Gasteiger partial charge in [0.15, 0.2) is 5.69 Å². The van der Waals surface area contributed by atoms with E-state index in [0.29, 0.717) is 11.3 Å². The van der Waals surface area contributed by atoms with Crippen LogP contribution in [-0.4, -0.2) is 0 Å². The van der Waals surface area contributed by atoms with E-state index in [9.17, 15) is 5.26 Å². The Labute approximate surface area is 189 Å². The zero-order valence-electron chi connectivity index (χ0n) is 17.4. The second-order valence-electron chi connectivity index (χ2n) is 8.35. The predicted octanol–water partition coefficient (Wildman–Crippen LogP) is 8.48. The summed E-state index contributed by atoms with van der Waals surface area (Å²) in [5.41, 5.74) is 9.04. The maximum atomic E-state index is 9.66. The van der Waals surface area contributed by atoms with E-state index in [1.54, 1.807) is 6.07 Å². The Kier molecular flexibility index (Phi) is 3.41. The van der Waals surface area contributed by atoms with Gasteiger partial charge in [0.2, 0.25) is 0 Å². The van der Waals surface area contributed by atoms with Crippen LogP contribution in [0, 0.1) is 17.9 Å². The van der Waals surface area contributed by atoms with Crippen molar-refractivity contribution in [2.75, 3.05) is 0 Å². The fourth-order valence-electron chi connectivity index (χ4n) is 5.33. The highest BCUT2D eigenvalue weighted by Gasteiger charge is 2.28. The van der Waals surface area contributed by atoms with Crippen molar-refractivity contribution in [1.82, 2.24) is 0 Å². The maximum Gasteiger partial charge on any atom is 0.189 e. The van der Waals surface area contributed by atoms with Crippen LogP contribution in [0.1, 0.15) is 5.56 Å². The highest BCUT2D eigenvalue weighted by atomic mass is 16.3. The number of rotatable bonds is 1. The molecule has 0 N–H and O–H groups in total. The van der Waals surface area contributed by atoms with Gasteiger partial charge >= 0.3 is 0 Å². The minimum Gasteiger partial charge on any atom is -0.456 e. The zero-order valence-corrected chi connectivity index (χ0v) is 17.4. The van der Waals surface area contributed by atoms with E-state index in [1.807, 2.05) is 30.3 Å². The van der Waals surface area contributed by atoms with Crippen LogP contribution in [0.4, 0.5) is 5.69 Å². The van der Waals surface area contributed by atoms with Crippen LogP contribution < -0.4 is 0 Å². The van der Waals surface area contributed by atoms with Crippen molar-refractivity contribution in [3.8, 4) is 39.4 Å². The van der Waals surface area contributed by atoms with E-state index in [2.05, 4.69) is 59.4 Å². The monoisotopic (exact) mass is 418 g/mol. The molecule has 150 valence electrons. The lowest BCUT2D eigenvalue weighted by Crippen LogP contribution is -1.88. The summed E-state index contributed by atoms with van der Waals surface area (Å²) in [5, 5.41) is 14.1. The summed E-state index contributed by atoms with van der Waals surface area (Å²) < 4.78 is 6.32. The summed E-state index contributed by atoms with van der Waals surface area (Å²) in [7, 11) is 0. The quantitative estimate of drug-likeness (QED) is 0.251. The fourth-order valence-corrected chi connectivity index (χ4v) is 5.33. The van der Waals surface area contributed by atoms with Crippen molar-refractivity contribution in [3.05, 3.63) is 102 Å². The average molecular weight is 418 g/mol. The van der Waals surface area contributed by atoms with Crippen molar-refractivity contribution >= 4 is 38.4 Å². The molecule has 0 fully saturated rings. The summed E-state index contributed by atoms with van der Waals surface area (Å²) in [6.07, 6.45) is 0. The molecule has 0 amide bonds. The molecule has 7 rings (SSSR count). The summed E-state index contributed by atoms with van der Waals surface area (Å²) in [5.74, 6) is 0. The van der Waals surface area contributed by atoms with Gasteiger partial charge in [0, 0.05) is 21.9 Å². The first-order valence-corrected chi connectivity index (χ1v) is 10.7. The van der Waals surface area contributed by atoms with E-state index in [0.717, 1.165) is 44.2 Å². The lowest BCUT2D eigenvalue weighted by atomic mass is 9.88. The second-order valence-corrected chi connectivity index (χ2v) is 8.35. The molecule has 0 atom stereocenters. The maximum absolute atomic E-state index is 9.66. The number of benzene rings is 5. The van der Waals surface area contributed by atoms with Gasteiger partial charge in [-0.1, -0.05) is 54.6 Å². The Morgan fingerprint density at radius 1 is 0.727 bits per heavy atom. The van der Waals surface area contributed by atoms with Crippen molar-refractivity contribution in [2.45, 2.75) is 0 Å². The first-order valence-electron chi connectivity index (χ1n) is 10.7. The Morgan fingerprint density at radius 2 is 1.55 bits per heavy atom. The molecule has 1 heterocycles. The fraction of sp³-hybridized carbons (Fsp3) is 0. The average Bonchev–Trinajstić information content (AvgIpc) is 3.39. The third-order valence-electron chi connectivity index (χ3n) is 6.60. The molecule has 1 aromatic heterocycles. The zero-order chi connectivity index (χ0) is 22.1. The number of para-hydroxylation sites is 1. The number of nitriles is 1. The topological polar surface area (TPSA) is 41.3 Å². The van der Waals surface area contributed by atoms with Crippen LogP contribution in [0.25, 0.3) is 70.9 Å². The Balaban J connectivity index is 1.74. The molecule has 33 heavy (non-hydrogen) atoms. The molecule has 3 heteroatoms. The molecule has 1 aliphatic carbocycles. The van der Waals surface area contributed by atoms with Gasteiger partial charge in [0.25, 0.3) is 0 Å². The molecule has 3 nitrogen and oxygen atoms in total. The Morgan fingerprint density at radius 3 is 2.36 bits per heavy atom. The van der Waals surface area contributed by atoms with Crippen LogP contribution in [-0.2, 0) is 0 Å². The molecule has 0 saturated carbocycles. The molecule has 1 aliphatic rings. The van der Waals surface area contributed by atoms with Gasteiger partial charge in [-0.2, -0.15) is 5.26 Å². The van der Waals surface area contributed by atoms with Crippen molar-refractivity contribution in [3.63, 3.8) is 0 Å². The Bertz CT molecular complexity index is 1860. The molecule has 5 aromatic carbocycles. The molecule has 0 radical (unpaired) electrons. The van der Waals surface area contributed by atoms with Crippen molar-refractivity contribution in [1.29, 1.82) is 5.26 Å². The van der Waals surface area contributed by atoms with Gasteiger partial charge in [0.05, 0.1) is 12.6 Å². The van der Waals surface area contributed by atoms with Gasteiger partial charge in [0.1, 0.15) is 11.2 Å².